The minimum absolute atomic E-state index is 0. The number of carbonyl (C=O) groups is 2. The van der Waals surface area contributed by atoms with Crippen LogP contribution in [0.1, 0.15) is 33.1 Å². The average Bonchev–Trinajstić information content (AvgIpc) is 2.21. The molecule has 0 aliphatic rings. The first-order valence-electron chi connectivity index (χ1n) is 5.43. The zero-order chi connectivity index (χ0) is 14.4. The largest absolute Gasteiger partial charge is 1.00 e. The number of ether oxygens (including phenoxy) is 1. The molecule has 0 aromatic carbocycles. The number of hydrogen-bond donors (Lipinski definition) is 1. The van der Waals surface area contributed by atoms with E-state index in [0.29, 0.717) is 0 Å². The topological polar surface area (TPSA) is 121 Å². The molecule has 19 heavy (non-hydrogen) atoms. The summed E-state index contributed by atoms with van der Waals surface area (Å²) in [4.78, 5) is 22.3. The van der Waals surface area contributed by atoms with Gasteiger partial charge in [-0.3, -0.25) is 9.59 Å². The summed E-state index contributed by atoms with van der Waals surface area (Å²) in [5, 5.41) is 8.68. The predicted octanol–water partition coefficient (Wildman–Crippen LogP) is -2.64. The first kappa shape index (κ1) is 21.2. The normalized spacial score (nSPS) is 14.1. The molecule has 1 atom stereocenters. The van der Waals surface area contributed by atoms with Crippen LogP contribution in [0.2, 0.25) is 0 Å². The van der Waals surface area contributed by atoms with Crippen LogP contribution in [0.5, 0.6) is 0 Å². The minimum atomic E-state index is -4.32. The standard InChI is InChI=1S/C10H18O7S.Na/c1-3-10(2,7-8(11)12)9(13)17-5-4-6-18(14,15)16;/h3-7H2,1-2H3,(H,11,12)(H,14,15,16);/q;+1/p-1. The van der Waals surface area contributed by atoms with E-state index in [4.69, 9.17) is 9.84 Å². The summed E-state index contributed by atoms with van der Waals surface area (Å²) in [6, 6.07) is 0. The zero-order valence-electron chi connectivity index (χ0n) is 11.3. The Labute approximate surface area is 134 Å². The molecule has 1 unspecified atom stereocenters. The fourth-order valence-corrected chi connectivity index (χ4v) is 1.72. The molecule has 0 radical (unpaired) electrons. The van der Waals surface area contributed by atoms with Gasteiger partial charge in [0.2, 0.25) is 0 Å². The van der Waals surface area contributed by atoms with Crippen molar-refractivity contribution in [2.24, 2.45) is 5.41 Å². The van der Waals surface area contributed by atoms with Crippen LogP contribution < -0.4 is 29.6 Å². The van der Waals surface area contributed by atoms with Gasteiger partial charge < -0.3 is 14.4 Å². The van der Waals surface area contributed by atoms with Crippen molar-refractivity contribution in [2.45, 2.75) is 33.1 Å². The maximum atomic E-state index is 11.6. The van der Waals surface area contributed by atoms with E-state index in [-0.39, 0.29) is 55.4 Å². The molecule has 0 saturated carbocycles. The van der Waals surface area contributed by atoms with E-state index < -0.39 is 33.2 Å². The van der Waals surface area contributed by atoms with E-state index >= 15 is 0 Å². The molecule has 0 aliphatic carbocycles. The van der Waals surface area contributed by atoms with Crippen molar-refractivity contribution < 1.29 is 62.0 Å². The average molecular weight is 304 g/mol. The van der Waals surface area contributed by atoms with Crippen LogP contribution in [-0.4, -0.2) is 42.4 Å². The Hall–Kier alpha value is -0.150. The van der Waals surface area contributed by atoms with E-state index in [0.717, 1.165) is 0 Å². The second-order valence-corrected chi connectivity index (χ2v) is 5.76. The van der Waals surface area contributed by atoms with Crippen LogP contribution in [0, 0.1) is 5.41 Å². The molecule has 7 nitrogen and oxygen atoms in total. The molecule has 0 amide bonds. The number of carboxylic acids is 1. The van der Waals surface area contributed by atoms with Gasteiger partial charge in [-0.25, -0.2) is 8.42 Å². The van der Waals surface area contributed by atoms with Crippen molar-refractivity contribution in [3.63, 3.8) is 0 Å². The fraction of sp³-hybridized carbons (Fsp3) is 0.800. The zero-order valence-corrected chi connectivity index (χ0v) is 14.2. The Morgan fingerprint density at radius 1 is 1.37 bits per heavy atom. The van der Waals surface area contributed by atoms with Crippen molar-refractivity contribution in [1.82, 2.24) is 0 Å². The Kier molecular flexibility index (Phi) is 9.92. The maximum Gasteiger partial charge on any atom is 1.00 e. The monoisotopic (exact) mass is 304 g/mol. The maximum absolute atomic E-state index is 11.6. The third kappa shape index (κ3) is 9.39. The van der Waals surface area contributed by atoms with Crippen LogP contribution in [0.25, 0.3) is 0 Å². The second-order valence-electron chi connectivity index (χ2n) is 4.24. The molecule has 0 aliphatic heterocycles. The molecule has 0 aromatic rings. The molecule has 0 spiro atoms. The van der Waals surface area contributed by atoms with Crippen molar-refractivity contribution in [2.75, 3.05) is 12.4 Å². The van der Waals surface area contributed by atoms with Gasteiger partial charge in [-0.2, -0.15) is 0 Å². The number of esters is 1. The van der Waals surface area contributed by atoms with Crippen molar-refractivity contribution in [3.05, 3.63) is 0 Å². The molecule has 0 bridgehead atoms. The van der Waals surface area contributed by atoms with Gasteiger partial charge in [0.15, 0.2) is 0 Å². The number of carbonyl (C=O) groups excluding carboxylic acids is 1. The van der Waals surface area contributed by atoms with E-state index in [2.05, 4.69) is 0 Å². The predicted molar refractivity (Wildman–Crippen MR) is 60.8 cm³/mol. The SMILES string of the molecule is CCC(C)(CC(=O)O)C(=O)OCCCS(=O)(=O)[O-].[Na+]. The summed E-state index contributed by atoms with van der Waals surface area (Å²) < 4.78 is 35.7. The summed E-state index contributed by atoms with van der Waals surface area (Å²) in [7, 11) is -4.32. The van der Waals surface area contributed by atoms with Crippen LogP contribution in [-0.2, 0) is 24.4 Å². The van der Waals surface area contributed by atoms with Crippen molar-refractivity contribution in [3.8, 4) is 0 Å². The first-order valence-corrected chi connectivity index (χ1v) is 7.01. The first-order chi connectivity index (χ1) is 8.10. The van der Waals surface area contributed by atoms with Gasteiger partial charge in [0.05, 0.1) is 28.6 Å². The molecule has 0 heterocycles. The summed E-state index contributed by atoms with van der Waals surface area (Å²) in [5.74, 6) is -2.42. The van der Waals surface area contributed by atoms with E-state index in [1.807, 2.05) is 0 Å². The van der Waals surface area contributed by atoms with E-state index in [1.165, 1.54) is 6.92 Å². The number of hydrogen-bond acceptors (Lipinski definition) is 6. The van der Waals surface area contributed by atoms with Crippen LogP contribution in [0.3, 0.4) is 0 Å². The summed E-state index contributed by atoms with van der Waals surface area (Å²) >= 11 is 0. The number of aliphatic carboxylic acids is 1. The van der Waals surface area contributed by atoms with Gasteiger partial charge in [0.25, 0.3) is 0 Å². The summed E-state index contributed by atoms with van der Waals surface area (Å²) in [6.07, 6.45) is -0.162. The molecule has 106 valence electrons. The third-order valence-electron chi connectivity index (χ3n) is 2.59. The van der Waals surface area contributed by atoms with Crippen LogP contribution in [0.4, 0.5) is 0 Å². The Balaban J connectivity index is 0. The van der Waals surface area contributed by atoms with Gasteiger partial charge in [-0.15, -0.1) is 0 Å². The van der Waals surface area contributed by atoms with E-state index in [1.54, 1.807) is 6.92 Å². The third-order valence-corrected chi connectivity index (χ3v) is 3.38. The Bertz CT molecular complexity index is 406. The van der Waals surface area contributed by atoms with Gasteiger partial charge >= 0.3 is 41.5 Å². The Morgan fingerprint density at radius 3 is 2.26 bits per heavy atom. The molecule has 0 rings (SSSR count). The number of rotatable bonds is 8. The molecule has 0 fully saturated rings. The van der Waals surface area contributed by atoms with Gasteiger partial charge in [0.1, 0.15) is 0 Å². The summed E-state index contributed by atoms with van der Waals surface area (Å²) in [6.45, 7) is 2.91. The minimum Gasteiger partial charge on any atom is -0.748 e. The van der Waals surface area contributed by atoms with Crippen LogP contribution in [0.15, 0.2) is 0 Å². The molecule has 1 N–H and O–H groups in total. The number of carboxylic acid groups (broad SMARTS) is 1. The smallest absolute Gasteiger partial charge is 0.748 e. The van der Waals surface area contributed by atoms with Crippen molar-refractivity contribution in [1.29, 1.82) is 0 Å². The van der Waals surface area contributed by atoms with E-state index in [9.17, 15) is 22.6 Å². The molecule has 0 aromatic heterocycles. The van der Waals surface area contributed by atoms with Crippen molar-refractivity contribution >= 4 is 22.1 Å². The molecule has 0 saturated heterocycles. The molecular weight excluding hydrogens is 287 g/mol. The molecular formula is C10H17NaO7S. The van der Waals surface area contributed by atoms with Gasteiger partial charge in [-0.1, -0.05) is 6.92 Å². The van der Waals surface area contributed by atoms with Crippen LogP contribution >= 0.6 is 0 Å². The quantitative estimate of drug-likeness (QED) is 0.225. The second kappa shape index (κ2) is 8.91. The van der Waals surface area contributed by atoms with Gasteiger partial charge in [-0.05, 0) is 19.8 Å². The summed E-state index contributed by atoms with van der Waals surface area (Å²) in [5.41, 5.74) is -1.14. The molecule has 9 heteroatoms. The fourth-order valence-electron chi connectivity index (χ4n) is 1.25. The van der Waals surface area contributed by atoms with Gasteiger partial charge in [0, 0.05) is 5.75 Å². The Morgan fingerprint density at radius 2 is 1.89 bits per heavy atom.